The number of hydrogen-bond donors (Lipinski definition) is 1. The summed E-state index contributed by atoms with van der Waals surface area (Å²) >= 11 is 11.9. The Bertz CT molecular complexity index is 1180. The van der Waals surface area contributed by atoms with Crippen LogP contribution < -0.4 is 15.1 Å². The summed E-state index contributed by atoms with van der Waals surface area (Å²) in [7, 11) is 3.84. The largest absolute Gasteiger partial charge is 0.385 e. The third-order valence-electron chi connectivity index (χ3n) is 6.42. The molecule has 2 aliphatic rings. The van der Waals surface area contributed by atoms with Crippen LogP contribution in [0.4, 0.5) is 21.9 Å². The molecule has 2 amide bonds. The molecule has 2 aliphatic heterocycles. The van der Waals surface area contributed by atoms with Gasteiger partial charge >= 0.3 is 6.03 Å². The van der Waals surface area contributed by atoms with Gasteiger partial charge in [-0.1, -0.05) is 53.0 Å². The maximum absolute atomic E-state index is 12.3. The molecule has 1 fully saturated rings. The molecule has 5 rings (SSSR count). The number of amides is 2. The highest BCUT2D eigenvalue weighted by Gasteiger charge is 2.24. The number of nitrogens with one attached hydrogen (secondary N) is 1. The first kappa shape index (κ1) is 29.8. The lowest BCUT2D eigenvalue weighted by Crippen LogP contribution is -2.44. The number of hydrogen-bond acceptors (Lipinski definition) is 4. The van der Waals surface area contributed by atoms with E-state index < -0.39 is 0 Å². The minimum absolute atomic E-state index is 0.116. The normalized spacial score (nSPS) is 14.6. The van der Waals surface area contributed by atoms with Crippen LogP contribution in [-0.4, -0.2) is 64.4 Å². The predicted octanol–water partition coefficient (Wildman–Crippen LogP) is 6.99. The molecule has 0 bridgehead atoms. The van der Waals surface area contributed by atoms with Crippen molar-refractivity contribution in [3.8, 4) is 0 Å². The molecule has 0 aromatic heterocycles. The minimum atomic E-state index is -0.116. The summed E-state index contributed by atoms with van der Waals surface area (Å²) in [6.07, 6.45) is 0.903. The summed E-state index contributed by atoms with van der Waals surface area (Å²) in [4.78, 5) is 18.8. The third-order valence-corrected chi connectivity index (χ3v) is 6.89. The van der Waals surface area contributed by atoms with Gasteiger partial charge in [0.1, 0.15) is 0 Å². The summed E-state index contributed by atoms with van der Waals surface area (Å²) in [6.45, 7) is 10.0. The van der Waals surface area contributed by atoms with Crippen molar-refractivity contribution < 1.29 is 9.53 Å². The zero-order chi connectivity index (χ0) is 27.5. The number of benzene rings is 3. The first-order valence-electron chi connectivity index (χ1n) is 12.9. The summed E-state index contributed by atoms with van der Waals surface area (Å²) in [5.41, 5.74) is 5.40. The second kappa shape index (κ2) is 15.0. The molecule has 0 aliphatic carbocycles. The van der Waals surface area contributed by atoms with Crippen LogP contribution in [0.15, 0.2) is 66.7 Å². The SMILES string of the molecule is CCOC.CN1CCN(c2cccc(Cl)c2)CC1.Cc1ccc2c(c1)CCN2C(=O)Nc1cccc(Cl)c1. The number of methoxy groups -OCH3 is 1. The second-order valence-corrected chi connectivity index (χ2v) is 10.2. The molecular weight excluding hydrogens is 519 g/mol. The average molecular weight is 558 g/mol. The Balaban J connectivity index is 0.000000194. The summed E-state index contributed by atoms with van der Waals surface area (Å²) in [6, 6.07) is 21.3. The van der Waals surface area contributed by atoms with Crippen LogP contribution in [0.3, 0.4) is 0 Å². The number of rotatable bonds is 3. The fraction of sp³-hybridized carbons (Fsp3) is 0.367. The average Bonchev–Trinajstić information content (AvgIpc) is 3.33. The lowest BCUT2D eigenvalue weighted by molar-refractivity contribution is 0.215. The van der Waals surface area contributed by atoms with E-state index in [2.05, 4.69) is 46.0 Å². The van der Waals surface area contributed by atoms with Crippen LogP contribution in [0.2, 0.25) is 10.0 Å². The first-order valence-corrected chi connectivity index (χ1v) is 13.7. The van der Waals surface area contributed by atoms with Gasteiger partial charge in [-0.05, 0) is 75.3 Å². The van der Waals surface area contributed by atoms with Crippen LogP contribution in [-0.2, 0) is 11.2 Å². The molecule has 3 aromatic rings. The van der Waals surface area contributed by atoms with Gasteiger partial charge in [-0.2, -0.15) is 0 Å². The van der Waals surface area contributed by atoms with Gasteiger partial charge in [0.25, 0.3) is 0 Å². The number of ether oxygens (including phenoxy) is 1. The van der Waals surface area contributed by atoms with Crippen molar-refractivity contribution in [1.82, 2.24) is 4.90 Å². The Hall–Kier alpha value is -2.77. The maximum atomic E-state index is 12.3. The predicted molar refractivity (Wildman–Crippen MR) is 161 cm³/mol. The fourth-order valence-electron chi connectivity index (χ4n) is 4.24. The van der Waals surface area contributed by atoms with Crippen molar-refractivity contribution in [2.45, 2.75) is 20.3 Å². The smallest absolute Gasteiger partial charge is 0.326 e. The Morgan fingerprint density at radius 2 is 1.58 bits per heavy atom. The zero-order valence-electron chi connectivity index (χ0n) is 22.7. The molecule has 204 valence electrons. The number of likely N-dealkylation sites (N-methyl/N-ethyl adjacent to an activating group) is 1. The van der Waals surface area contributed by atoms with E-state index in [1.54, 1.807) is 24.1 Å². The van der Waals surface area contributed by atoms with E-state index in [1.807, 2.05) is 49.4 Å². The number of carbonyl (C=O) groups is 1. The number of anilines is 3. The molecule has 1 N–H and O–H groups in total. The van der Waals surface area contributed by atoms with Gasteiger partial charge in [0.15, 0.2) is 0 Å². The highest BCUT2D eigenvalue weighted by Crippen LogP contribution is 2.29. The van der Waals surface area contributed by atoms with Gasteiger partial charge in [-0.3, -0.25) is 4.90 Å². The molecule has 38 heavy (non-hydrogen) atoms. The molecule has 0 spiro atoms. The second-order valence-electron chi connectivity index (χ2n) is 9.32. The zero-order valence-corrected chi connectivity index (χ0v) is 24.2. The summed E-state index contributed by atoms with van der Waals surface area (Å²) < 4.78 is 4.54. The quantitative estimate of drug-likeness (QED) is 0.377. The standard InChI is InChI=1S/C16H15ClN2O.C11H15ClN2.C3H8O/c1-11-5-6-15-12(9-11)7-8-19(15)16(20)18-14-4-2-3-13(17)10-14;1-13-5-7-14(8-6-13)11-4-2-3-10(12)9-11;1-3-4-2/h2-6,9-10H,7-8H2,1H3,(H,18,20);2-4,9H,5-8H2,1H3;3H2,1-2H3. The maximum Gasteiger partial charge on any atom is 0.326 e. The Labute approximate surface area is 237 Å². The third kappa shape index (κ3) is 8.91. The van der Waals surface area contributed by atoms with Gasteiger partial charge in [-0.25, -0.2) is 4.79 Å². The number of carbonyl (C=O) groups excluding carboxylic acids is 1. The monoisotopic (exact) mass is 556 g/mol. The molecular formula is C30H38Cl2N4O2. The van der Waals surface area contributed by atoms with Crippen molar-refractivity contribution in [2.24, 2.45) is 0 Å². The molecule has 3 aromatic carbocycles. The van der Waals surface area contributed by atoms with Crippen LogP contribution in [0.5, 0.6) is 0 Å². The lowest BCUT2D eigenvalue weighted by atomic mass is 10.1. The van der Waals surface area contributed by atoms with Gasteiger partial charge in [0.05, 0.1) is 0 Å². The minimum Gasteiger partial charge on any atom is -0.385 e. The Morgan fingerprint density at radius 1 is 0.921 bits per heavy atom. The molecule has 6 nitrogen and oxygen atoms in total. The number of aryl methyl sites for hydroxylation is 1. The highest BCUT2D eigenvalue weighted by atomic mass is 35.5. The van der Waals surface area contributed by atoms with E-state index in [-0.39, 0.29) is 6.03 Å². The van der Waals surface area contributed by atoms with Crippen molar-refractivity contribution in [3.63, 3.8) is 0 Å². The fourth-order valence-corrected chi connectivity index (χ4v) is 4.61. The molecule has 2 heterocycles. The van der Waals surface area contributed by atoms with E-state index in [0.29, 0.717) is 17.3 Å². The summed E-state index contributed by atoms with van der Waals surface area (Å²) in [5, 5.41) is 4.31. The van der Waals surface area contributed by atoms with Gasteiger partial charge in [-0.15, -0.1) is 0 Å². The van der Waals surface area contributed by atoms with E-state index in [4.69, 9.17) is 23.2 Å². The molecule has 1 saturated heterocycles. The van der Waals surface area contributed by atoms with Gasteiger partial charge < -0.3 is 19.9 Å². The van der Waals surface area contributed by atoms with Crippen LogP contribution in [0.1, 0.15) is 18.1 Å². The summed E-state index contributed by atoms with van der Waals surface area (Å²) in [5.74, 6) is 0. The van der Waals surface area contributed by atoms with Crippen LogP contribution in [0.25, 0.3) is 0 Å². The Kier molecular flexibility index (Phi) is 11.7. The van der Waals surface area contributed by atoms with Crippen LogP contribution in [0, 0.1) is 6.92 Å². The number of halogens is 2. The van der Waals surface area contributed by atoms with Crippen molar-refractivity contribution in [1.29, 1.82) is 0 Å². The van der Waals surface area contributed by atoms with E-state index >= 15 is 0 Å². The molecule has 8 heteroatoms. The van der Waals surface area contributed by atoms with Crippen molar-refractivity contribution in [3.05, 3.63) is 87.9 Å². The molecule has 0 radical (unpaired) electrons. The van der Waals surface area contributed by atoms with E-state index in [0.717, 1.165) is 49.9 Å². The van der Waals surface area contributed by atoms with Gasteiger partial charge in [0, 0.05) is 73.5 Å². The van der Waals surface area contributed by atoms with Crippen molar-refractivity contribution >= 4 is 46.3 Å². The number of piperazine rings is 1. The number of urea groups is 1. The highest BCUT2D eigenvalue weighted by molar-refractivity contribution is 6.31. The molecule has 0 atom stereocenters. The van der Waals surface area contributed by atoms with E-state index in [1.165, 1.54) is 16.8 Å². The van der Waals surface area contributed by atoms with Crippen molar-refractivity contribution in [2.75, 3.05) is 68.6 Å². The topological polar surface area (TPSA) is 48.1 Å². The molecule has 0 unspecified atom stereocenters. The molecule has 0 saturated carbocycles. The number of nitrogens with zero attached hydrogens (tertiary/aromatic N) is 3. The Morgan fingerprint density at radius 3 is 2.21 bits per heavy atom. The lowest BCUT2D eigenvalue weighted by Gasteiger charge is -2.34. The first-order chi connectivity index (χ1) is 18.3. The van der Waals surface area contributed by atoms with Crippen LogP contribution >= 0.6 is 23.2 Å². The van der Waals surface area contributed by atoms with Gasteiger partial charge in [0.2, 0.25) is 0 Å². The van der Waals surface area contributed by atoms with E-state index in [9.17, 15) is 4.79 Å². The number of fused-ring (bicyclic) bond motifs is 1.